The van der Waals surface area contributed by atoms with Crippen LogP contribution in [0.3, 0.4) is 0 Å². The van der Waals surface area contributed by atoms with Gasteiger partial charge in [0.15, 0.2) is 6.29 Å². The second-order valence-corrected chi connectivity index (χ2v) is 9.24. The maximum atomic E-state index is 12.8. The van der Waals surface area contributed by atoms with Gasteiger partial charge in [-0.15, -0.1) is 0 Å². The second-order valence-electron chi connectivity index (χ2n) is 9.24. The van der Waals surface area contributed by atoms with E-state index in [1.165, 1.54) is 0 Å². The molecule has 0 saturated carbocycles. The predicted octanol–water partition coefficient (Wildman–Crippen LogP) is 3.83. The average molecular weight is 428 g/mol. The van der Waals surface area contributed by atoms with Crippen LogP contribution in [0, 0.1) is 0 Å². The van der Waals surface area contributed by atoms with E-state index < -0.39 is 23.4 Å². The smallest absolute Gasteiger partial charge is 0.410 e. The lowest BCUT2D eigenvalue weighted by atomic mass is 9.95. The number of carbonyl (C=O) groups excluding carboxylic acids is 1. The highest BCUT2D eigenvalue weighted by Crippen LogP contribution is 2.34. The SMILES string of the molecule is CCOC(C)OC(c1noc(C(C)(C)COC)n1)C1CCCN1C(=O)OC(C)(C)C. The fraction of sp³-hybridized carbons (Fsp3) is 0.857. The molecule has 1 aliphatic rings. The summed E-state index contributed by atoms with van der Waals surface area (Å²) in [5.74, 6) is 0.847. The number of ether oxygens (including phenoxy) is 4. The van der Waals surface area contributed by atoms with Crippen molar-refractivity contribution in [2.24, 2.45) is 0 Å². The van der Waals surface area contributed by atoms with Gasteiger partial charge in [-0.1, -0.05) is 5.16 Å². The Morgan fingerprint density at radius 1 is 1.30 bits per heavy atom. The number of aromatic nitrogens is 2. The summed E-state index contributed by atoms with van der Waals surface area (Å²) in [6.07, 6.45) is 0.124. The van der Waals surface area contributed by atoms with E-state index >= 15 is 0 Å². The first-order valence-electron chi connectivity index (χ1n) is 10.6. The van der Waals surface area contributed by atoms with Crippen LogP contribution in [0.2, 0.25) is 0 Å². The quantitative estimate of drug-likeness (QED) is 0.549. The second kappa shape index (κ2) is 10.1. The molecule has 3 atom stereocenters. The van der Waals surface area contributed by atoms with E-state index in [4.69, 9.17) is 23.5 Å². The van der Waals surface area contributed by atoms with Crippen LogP contribution in [-0.4, -0.2) is 65.9 Å². The number of hydrogen-bond donors (Lipinski definition) is 0. The van der Waals surface area contributed by atoms with Crippen LogP contribution in [0.4, 0.5) is 4.79 Å². The molecule has 9 nitrogen and oxygen atoms in total. The van der Waals surface area contributed by atoms with Crippen LogP contribution in [0.25, 0.3) is 0 Å². The lowest BCUT2D eigenvalue weighted by molar-refractivity contribution is -0.174. The zero-order chi connectivity index (χ0) is 22.5. The maximum Gasteiger partial charge on any atom is 0.410 e. The van der Waals surface area contributed by atoms with E-state index in [-0.39, 0.29) is 12.1 Å². The topological polar surface area (TPSA) is 96.1 Å². The van der Waals surface area contributed by atoms with Crippen LogP contribution in [-0.2, 0) is 24.4 Å². The van der Waals surface area contributed by atoms with Gasteiger partial charge in [0.25, 0.3) is 0 Å². The summed E-state index contributed by atoms with van der Waals surface area (Å²) in [6.45, 7) is 14.7. The van der Waals surface area contributed by atoms with Gasteiger partial charge in [0, 0.05) is 20.3 Å². The first-order valence-corrected chi connectivity index (χ1v) is 10.6. The Labute approximate surface area is 179 Å². The van der Waals surface area contributed by atoms with Gasteiger partial charge in [-0.3, -0.25) is 0 Å². The minimum absolute atomic E-state index is 0.279. The molecular formula is C21H37N3O6. The Morgan fingerprint density at radius 2 is 2.00 bits per heavy atom. The number of hydrogen-bond acceptors (Lipinski definition) is 8. The third-order valence-corrected chi connectivity index (χ3v) is 4.80. The number of methoxy groups -OCH3 is 1. The third-order valence-electron chi connectivity index (χ3n) is 4.80. The van der Waals surface area contributed by atoms with Crippen LogP contribution < -0.4 is 0 Å². The molecule has 1 saturated heterocycles. The molecule has 1 aromatic rings. The summed E-state index contributed by atoms with van der Waals surface area (Å²) in [4.78, 5) is 19.1. The molecule has 1 amide bonds. The van der Waals surface area contributed by atoms with Gasteiger partial charge in [-0.2, -0.15) is 4.98 Å². The molecule has 3 unspecified atom stereocenters. The molecule has 2 rings (SSSR count). The van der Waals surface area contributed by atoms with E-state index in [0.29, 0.717) is 31.5 Å². The number of likely N-dealkylation sites (tertiary alicyclic amines) is 1. The fourth-order valence-electron chi connectivity index (χ4n) is 3.51. The lowest BCUT2D eigenvalue weighted by Crippen LogP contribution is -2.44. The van der Waals surface area contributed by atoms with Gasteiger partial charge in [0.1, 0.15) is 11.7 Å². The molecule has 0 bridgehead atoms. The molecule has 0 aromatic carbocycles. The maximum absolute atomic E-state index is 12.8. The Bertz CT molecular complexity index is 685. The highest BCUT2D eigenvalue weighted by Gasteiger charge is 2.42. The van der Waals surface area contributed by atoms with Crippen molar-refractivity contribution in [2.45, 2.75) is 90.8 Å². The van der Waals surface area contributed by atoms with Crippen molar-refractivity contribution >= 4 is 6.09 Å². The summed E-state index contributed by atoms with van der Waals surface area (Å²) in [6, 6.07) is -0.279. The van der Waals surface area contributed by atoms with Crippen molar-refractivity contribution in [3.05, 3.63) is 11.7 Å². The van der Waals surface area contributed by atoms with Crippen molar-refractivity contribution in [2.75, 3.05) is 26.9 Å². The first-order chi connectivity index (χ1) is 14.0. The normalized spacial score (nSPS) is 19.7. The molecular weight excluding hydrogens is 390 g/mol. The Morgan fingerprint density at radius 3 is 2.60 bits per heavy atom. The van der Waals surface area contributed by atoms with Crippen molar-refractivity contribution in [3.8, 4) is 0 Å². The molecule has 30 heavy (non-hydrogen) atoms. The van der Waals surface area contributed by atoms with Crippen molar-refractivity contribution in [1.29, 1.82) is 0 Å². The largest absolute Gasteiger partial charge is 0.444 e. The average Bonchev–Trinajstić information content (AvgIpc) is 3.28. The van der Waals surface area contributed by atoms with E-state index in [1.807, 2.05) is 48.5 Å². The minimum atomic E-state index is -0.600. The monoisotopic (exact) mass is 427 g/mol. The van der Waals surface area contributed by atoms with Gasteiger partial charge < -0.3 is 28.4 Å². The van der Waals surface area contributed by atoms with Crippen LogP contribution >= 0.6 is 0 Å². The highest BCUT2D eigenvalue weighted by molar-refractivity contribution is 5.69. The summed E-state index contributed by atoms with van der Waals surface area (Å²) in [5.41, 5.74) is -1.03. The number of amides is 1. The number of carbonyl (C=O) groups is 1. The fourth-order valence-corrected chi connectivity index (χ4v) is 3.51. The highest BCUT2D eigenvalue weighted by atomic mass is 16.7. The predicted molar refractivity (Wildman–Crippen MR) is 110 cm³/mol. The van der Waals surface area contributed by atoms with Gasteiger partial charge in [-0.25, -0.2) is 4.79 Å². The first kappa shape index (κ1) is 24.6. The van der Waals surface area contributed by atoms with Gasteiger partial charge in [0.2, 0.25) is 11.7 Å². The van der Waals surface area contributed by atoms with E-state index in [1.54, 1.807) is 12.0 Å². The van der Waals surface area contributed by atoms with E-state index in [9.17, 15) is 4.79 Å². The Balaban J connectivity index is 2.31. The molecule has 0 N–H and O–H groups in total. The minimum Gasteiger partial charge on any atom is -0.444 e. The van der Waals surface area contributed by atoms with Crippen LogP contribution in [0.15, 0.2) is 4.52 Å². The standard InChI is InChI=1S/C21H37N3O6/c1-9-27-14(2)28-16(17-22-18(30-23-17)21(6,7)13-26-8)15-11-10-12-24(15)19(25)29-20(3,4)5/h14-16H,9-13H2,1-8H3. The van der Waals surface area contributed by atoms with Crippen molar-refractivity contribution in [1.82, 2.24) is 15.0 Å². The summed E-state index contributed by atoms with van der Waals surface area (Å²) < 4.78 is 28.2. The molecule has 172 valence electrons. The third kappa shape index (κ3) is 6.39. The number of nitrogens with zero attached hydrogens (tertiary/aromatic N) is 3. The number of rotatable bonds is 9. The van der Waals surface area contributed by atoms with Gasteiger partial charge in [-0.05, 0) is 61.3 Å². The van der Waals surface area contributed by atoms with Crippen LogP contribution in [0.5, 0.6) is 0 Å². The van der Waals surface area contributed by atoms with E-state index in [0.717, 1.165) is 12.8 Å². The zero-order valence-electron chi connectivity index (χ0n) is 19.6. The van der Waals surface area contributed by atoms with Crippen LogP contribution in [0.1, 0.15) is 79.1 Å². The molecule has 1 aliphatic heterocycles. The molecule has 0 aliphatic carbocycles. The molecule has 0 radical (unpaired) electrons. The van der Waals surface area contributed by atoms with Crippen molar-refractivity contribution in [3.63, 3.8) is 0 Å². The van der Waals surface area contributed by atoms with E-state index in [2.05, 4.69) is 10.1 Å². The molecule has 0 spiro atoms. The summed E-state index contributed by atoms with van der Waals surface area (Å²) >= 11 is 0. The van der Waals surface area contributed by atoms with Crippen molar-refractivity contribution < 1.29 is 28.3 Å². The Kier molecular flexibility index (Phi) is 8.24. The summed E-state index contributed by atoms with van der Waals surface area (Å²) in [5, 5.41) is 4.19. The van der Waals surface area contributed by atoms with Gasteiger partial charge in [0.05, 0.1) is 18.1 Å². The lowest BCUT2D eigenvalue weighted by Gasteiger charge is -2.33. The molecule has 9 heteroatoms. The molecule has 1 fully saturated rings. The zero-order valence-corrected chi connectivity index (χ0v) is 19.6. The van der Waals surface area contributed by atoms with Gasteiger partial charge >= 0.3 is 6.09 Å². The molecule has 2 heterocycles. The summed E-state index contributed by atoms with van der Waals surface area (Å²) in [7, 11) is 1.63. The molecule has 1 aromatic heterocycles. The Hall–Kier alpha value is -1.71.